The number of hydrogen-bond acceptors (Lipinski definition) is 2. The molecule has 0 saturated heterocycles. The van der Waals surface area contributed by atoms with E-state index in [2.05, 4.69) is 13.5 Å². The van der Waals surface area contributed by atoms with Gasteiger partial charge >= 0.3 is 0 Å². The van der Waals surface area contributed by atoms with Gasteiger partial charge in [0.15, 0.2) is 5.79 Å². The second-order valence-corrected chi connectivity index (χ2v) is 9.10. The van der Waals surface area contributed by atoms with Gasteiger partial charge < -0.3 is 9.47 Å². The summed E-state index contributed by atoms with van der Waals surface area (Å²) < 4.78 is 11.6. The summed E-state index contributed by atoms with van der Waals surface area (Å²) in [7, 11) is 3.65. The lowest BCUT2D eigenvalue weighted by Crippen LogP contribution is -2.51. The van der Waals surface area contributed by atoms with Crippen LogP contribution in [-0.4, -0.2) is 20.0 Å². The number of hydrogen-bond donors (Lipinski definition) is 0. The molecule has 0 aromatic heterocycles. The molecule has 23 heavy (non-hydrogen) atoms. The van der Waals surface area contributed by atoms with Crippen LogP contribution in [0, 0.1) is 35.0 Å². The van der Waals surface area contributed by atoms with Crippen molar-refractivity contribution in [2.45, 2.75) is 70.5 Å². The lowest BCUT2D eigenvalue weighted by atomic mass is 9.50. The van der Waals surface area contributed by atoms with E-state index < -0.39 is 0 Å². The highest BCUT2D eigenvalue weighted by atomic mass is 16.7. The van der Waals surface area contributed by atoms with Crippen LogP contribution in [0.2, 0.25) is 0 Å². The zero-order chi connectivity index (χ0) is 16.2. The number of rotatable bonds is 2. The van der Waals surface area contributed by atoms with Crippen LogP contribution in [-0.2, 0) is 9.47 Å². The highest BCUT2D eigenvalue weighted by Gasteiger charge is 2.56. The van der Waals surface area contributed by atoms with Crippen LogP contribution in [0.4, 0.5) is 0 Å². The van der Waals surface area contributed by atoms with Crippen molar-refractivity contribution in [3.05, 3.63) is 12.2 Å². The number of allylic oxidation sites excluding steroid dienone is 1. The van der Waals surface area contributed by atoms with Gasteiger partial charge in [-0.15, -0.1) is 0 Å². The monoisotopic (exact) mass is 318 g/mol. The third-order valence-corrected chi connectivity index (χ3v) is 8.65. The Morgan fingerprint density at radius 1 is 0.913 bits per heavy atom. The number of fused-ring (bicyclic) bond motifs is 5. The molecule has 4 aliphatic rings. The van der Waals surface area contributed by atoms with Gasteiger partial charge in [-0.2, -0.15) is 0 Å². The van der Waals surface area contributed by atoms with Crippen LogP contribution >= 0.6 is 0 Å². The van der Waals surface area contributed by atoms with Crippen molar-refractivity contribution in [3.8, 4) is 0 Å². The van der Waals surface area contributed by atoms with Crippen LogP contribution in [0.3, 0.4) is 0 Å². The summed E-state index contributed by atoms with van der Waals surface area (Å²) in [5.74, 6) is 4.30. The Morgan fingerprint density at radius 3 is 2.39 bits per heavy atom. The highest BCUT2D eigenvalue weighted by molar-refractivity contribution is 5.20. The molecule has 0 aliphatic heterocycles. The zero-order valence-corrected chi connectivity index (χ0v) is 15.3. The van der Waals surface area contributed by atoms with Crippen LogP contribution in [0.5, 0.6) is 0 Å². The van der Waals surface area contributed by atoms with E-state index in [4.69, 9.17) is 9.47 Å². The molecule has 4 rings (SSSR count). The van der Waals surface area contributed by atoms with E-state index in [0.29, 0.717) is 5.41 Å². The summed E-state index contributed by atoms with van der Waals surface area (Å²) in [5, 5.41) is 0. The van der Waals surface area contributed by atoms with Gasteiger partial charge in [0.1, 0.15) is 0 Å². The minimum absolute atomic E-state index is 0.293. The summed E-state index contributed by atoms with van der Waals surface area (Å²) in [6.07, 6.45) is 11.8. The van der Waals surface area contributed by atoms with E-state index in [1.807, 2.05) is 14.2 Å². The maximum Gasteiger partial charge on any atom is 0.167 e. The normalized spacial score (nSPS) is 48.5. The molecule has 4 saturated carbocycles. The fourth-order valence-electron chi connectivity index (χ4n) is 7.19. The van der Waals surface area contributed by atoms with E-state index in [0.717, 1.165) is 42.4 Å². The minimum Gasteiger partial charge on any atom is -0.353 e. The molecule has 130 valence electrons. The number of ether oxygens (including phenoxy) is 2. The third-order valence-electron chi connectivity index (χ3n) is 8.65. The second kappa shape index (κ2) is 5.59. The van der Waals surface area contributed by atoms with Gasteiger partial charge in [-0.25, -0.2) is 0 Å². The third kappa shape index (κ3) is 2.28. The molecular weight excluding hydrogens is 284 g/mol. The summed E-state index contributed by atoms with van der Waals surface area (Å²) in [6.45, 7) is 6.96. The zero-order valence-electron chi connectivity index (χ0n) is 15.3. The first-order chi connectivity index (χ1) is 11.0. The summed E-state index contributed by atoms with van der Waals surface area (Å²) in [5.41, 5.74) is 2.02. The van der Waals surface area contributed by atoms with E-state index in [1.54, 1.807) is 5.57 Å². The van der Waals surface area contributed by atoms with Gasteiger partial charge in [-0.05, 0) is 80.0 Å². The molecule has 0 aromatic rings. The van der Waals surface area contributed by atoms with Crippen molar-refractivity contribution in [1.29, 1.82) is 0 Å². The first-order valence-electron chi connectivity index (χ1n) is 9.81. The molecular formula is C21H34O2. The van der Waals surface area contributed by atoms with E-state index in [1.165, 1.54) is 44.9 Å². The molecule has 2 nitrogen and oxygen atoms in total. The van der Waals surface area contributed by atoms with Crippen molar-refractivity contribution >= 4 is 0 Å². The first-order valence-corrected chi connectivity index (χ1v) is 9.81. The molecule has 4 fully saturated rings. The van der Waals surface area contributed by atoms with Gasteiger partial charge in [-0.1, -0.05) is 19.1 Å². The minimum atomic E-state index is -0.293. The Bertz CT molecular complexity index is 480. The molecule has 0 spiro atoms. The molecule has 0 heterocycles. The summed E-state index contributed by atoms with van der Waals surface area (Å²) in [6, 6.07) is 0. The van der Waals surface area contributed by atoms with Crippen molar-refractivity contribution in [2.24, 2.45) is 35.0 Å². The molecule has 0 amide bonds. The van der Waals surface area contributed by atoms with Gasteiger partial charge in [0.25, 0.3) is 0 Å². The molecule has 4 aliphatic carbocycles. The van der Waals surface area contributed by atoms with Gasteiger partial charge in [0.2, 0.25) is 0 Å². The van der Waals surface area contributed by atoms with Crippen molar-refractivity contribution in [3.63, 3.8) is 0 Å². The summed E-state index contributed by atoms with van der Waals surface area (Å²) >= 11 is 0. The lowest BCUT2D eigenvalue weighted by molar-refractivity contribution is -0.246. The molecule has 0 bridgehead atoms. The molecule has 0 aromatic carbocycles. The maximum absolute atomic E-state index is 5.78. The molecule has 2 heteroatoms. The van der Waals surface area contributed by atoms with Crippen molar-refractivity contribution in [2.75, 3.05) is 14.2 Å². The van der Waals surface area contributed by atoms with Crippen LogP contribution in [0.25, 0.3) is 0 Å². The Hall–Kier alpha value is -0.340. The summed E-state index contributed by atoms with van der Waals surface area (Å²) in [4.78, 5) is 0. The first kappa shape index (κ1) is 16.1. The fourth-order valence-corrected chi connectivity index (χ4v) is 7.19. The smallest absolute Gasteiger partial charge is 0.167 e. The van der Waals surface area contributed by atoms with Crippen LogP contribution in [0.15, 0.2) is 12.2 Å². The topological polar surface area (TPSA) is 18.5 Å². The molecule has 0 N–H and O–H groups in total. The predicted octanol–water partition coefficient (Wildman–Crippen LogP) is 5.18. The van der Waals surface area contributed by atoms with Gasteiger partial charge in [-0.3, -0.25) is 0 Å². The Kier molecular flexibility index (Phi) is 3.93. The van der Waals surface area contributed by atoms with Crippen LogP contribution < -0.4 is 0 Å². The average molecular weight is 319 g/mol. The maximum atomic E-state index is 5.78. The van der Waals surface area contributed by atoms with E-state index >= 15 is 0 Å². The van der Waals surface area contributed by atoms with Crippen molar-refractivity contribution < 1.29 is 9.47 Å². The standard InChI is InChI=1S/C21H34O2/c1-14-5-8-19-18-7-6-15-13-21(22-3,23-4)12-10-16(15)17(18)9-11-20(14,19)2/h15-19H,1,5-13H2,2-4H3/t15-,16-,17+,18+,19-,20+/m0/s1. The number of methoxy groups -OCH3 is 2. The highest BCUT2D eigenvalue weighted by Crippen LogP contribution is 2.64. The largest absolute Gasteiger partial charge is 0.353 e. The Labute approximate surface area is 142 Å². The SMILES string of the molecule is C=C1CC[C@H]2[C@@H]3CC[C@H]4CC(OC)(OC)CC[C@@H]4[C@H]3CC[C@]12C. The molecule has 6 atom stereocenters. The van der Waals surface area contributed by atoms with Gasteiger partial charge in [0, 0.05) is 27.1 Å². The average Bonchev–Trinajstić information content (AvgIpc) is 2.89. The van der Waals surface area contributed by atoms with Gasteiger partial charge in [0.05, 0.1) is 0 Å². The van der Waals surface area contributed by atoms with E-state index in [-0.39, 0.29) is 5.79 Å². The van der Waals surface area contributed by atoms with Crippen molar-refractivity contribution in [1.82, 2.24) is 0 Å². The second-order valence-electron chi connectivity index (χ2n) is 9.10. The quantitative estimate of drug-likeness (QED) is 0.515. The molecule has 0 unspecified atom stereocenters. The predicted molar refractivity (Wildman–Crippen MR) is 93.0 cm³/mol. The lowest BCUT2D eigenvalue weighted by Gasteiger charge is -2.56. The fraction of sp³-hybridized carbons (Fsp3) is 0.905. The molecule has 0 radical (unpaired) electrons. The van der Waals surface area contributed by atoms with Crippen LogP contribution in [0.1, 0.15) is 64.7 Å². The van der Waals surface area contributed by atoms with E-state index in [9.17, 15) is 0 Å². The Morgan fingerprint density at radius 2 is 1.65 bits per heavy atom. The Balaban J connectivity index is 1.54.